The highest BCUT2D eigenvalue weighted by molar-refractivity contribution is 8.00. The Balaban J connectivity index is 1.41. The van der Waals surface area contributed by atoms with E-state index in [2.05, 4.69) is 24.0 Å². The molecule has 30 heavy (non-hydrogen) atoms. The lowest BCUT2D eigenvalue weighted by molar-refractivity contribution is -0.116. The first-order chi connectivity index (χ1) is 14.6. The molecule has 0 unspecified atom stereocenters. The van der Waals surface area contributed by atoms with E-state index in [1.807, 2.05) is 35.2 Å². The highest BCUT2D eigenvalue weighted by Gasteiger charge is 2.30. The van der Waals surface area contributed by atoms with E-state index < -0.39 is 0 Å². The maximum atomic E-state index is 13.0. The van der Waals surface area contributed by atoms with Crippen LogP contribution in [0.2, 0.25) is 0 Å². The Morgan fingerprint density at radius 2 is 2.00 bits per heavy atom. The van der Waals surface area contributed by atoms with E-state index in [-0.39, 0.29) is 17.7 Å². The Labute approximate surface area is 178 Å². The van der Waals surface area contributed by atoms with Gasteiger partial charge in [0, 0.05) is 23.2 Å². The van der Waals surface area contributed by atoms with Gasteiger partial charge in [0.25, 0.3) is 0 Å². The lowest BCUT2D eigenvalue weighted by Crippen LogP contribution is -2.37. The third kappa shape index (κ3) is 3.23. The molecule has 3 heterocycles. The van der Waals surface area contributed by atoms with Gasteiger partial charge in [-0.25, -0.2) is 4.98 Å². The summed E-state index contributed by atoms with van der Waals surface area (Å²) in [6, 6.07) is 15.8. The monoisotopic (exact) mass is 417 g/mol. The van der Waals surface area contributed by atoms with Gasteiger partial charge in [-0.2, -0.15) is 5.26 Å². The number of amides is 1. The van der Waals surface area contributed by atoms with Gasteiger partial charge in [0.1, 0.15) is 24.3 Å². The Bertz CT molecular complexity index is 1200. The zero-order chi connectivity index (χ0) is 20.7. The van der Waals surface area contributed by atoms with Crippen molar-refractivity contribution >= 4 is 34.3 Å². The van der Waals surface area contributed by atoms with Crippen LogP contribution in [0.5, 0.6) is 11.5 Å². The number of thioether (sulfide) groups is 1. The van der Waals surface area contributed by atoms with Gasteiger partial charge >= 0.3 is 0 Å². The Hall–Kier alpha value is -3.24. The van der Waals surface area contributed by atoms with Gasteiger partial charge in [-0.15, -0.1) is 0 Å². The molecule has 0 aliphatic carbocycles. The fraction of sp³-hybridized carbons (Fsp3) is 0.261. The molecule has 0 spiro atoms. The van der Waals surface area contributed by atoms with Crippen molar-refractivity contribution in [2.75, 3.05) is 23.9 Å². The number of fused-ring (bicyclic) bond motifs is 3. The first-order valence-electron chi connectivity index (χ1n) is 9.81. The molecule has 0 saturated heterocycles. The summed E-state index contributed by atoms with van der Waals surface area (Å²) < 4.78 is 11.3. The first kappa shape index (κ1) is 18.8. The van der Waals surface area contributed by atoms with Crippen LogP contribution in [0.4, 0.5) is 5.69 Å². The minimum atomic E-state index is 0.0189. The molecular weight excluding hydrogens is 398 g/mol. The van der Waals surface area contributed by atoms with Crippen LogP contribution in [-0.4, -0.2) is 35.9 Å². The van der Waals surface area contributed by atoms with Crippen molar-refractivity contribution in [3.63, 3.8) is 0 Å². The molecule has 2 aromatic carbocycles. The predicted molar refractivity (Wildman–Crippen MR) is 115 cm³/mol. The van der Waals surface area contributed by atoms with Crippen molar-refractivity contribution < 1.29 is 14.3 Å². The number of aromatic nitrogens is 1. The lowest BCUT2D eigenvalue weighted by Gasteiger charge is -2.22. The van der Waals surface area contributed by atoms with Crippen LogP contribution in [0, 0.1) is 11.3 Å². The molecular formula is C23H19N3O3S. The average Bonchev–Trinajstić information content (AvgIpc) is 3.11. The van der Waals surface area contributed by atoms with E-state index in [9.17, 15) is 10.1 Å². The number of carbonyl (C=O) groups excluding carboxylic acids is 1. The zero-order valence-electron chi connectivity index (χ0n) is 16.4. The van der Waals surface area contributed by atoms with Gasteiger partial charge in [0.15, 0.2) is 11.5 Å². The van der Waals surface area contributed by atoms with E-state index in [1.54, 1.807) is 6.07 Å². The molecule has 0 radical (unpaired) electrons. The Morgan fingerprint density at radius 3 is 2.80 bits per heavy atom. The van der Waals surface area contributed by atoms with E-state index in [1.165, 1.54) is 17.3 Å². The number of anilines is 1. The van der Waals surface area contributed by atoms with E-state index in [0.29, 0.717) is 40.8 Å². The highest BCUT2D eigenvalue weighted by atomic mass is 32.2. The summed E-state index contributed by atoms with van der Waals surface area (Å²) >= 11 is 1.30. The number of nitriles is 1. The molecule has 0 N–H and O–H groups in total. The molecule has 6 nitrogen and oxygen atoms in total. The maximum Gasteiger partial charge on any atom is 0.237 e. The Morgan fingerprint density at radius 1 is 1.23 bits per heavy atom. The van der Waals surface area contributed by atoms with Crippen molar-refractivity contribution in [1.29, 1.82) is 5.26 Å². The molecule has 0 bridgehead atoms. The van der Waals surface area contributed by atoms with Gasteiger partial charge in [-0.05, 0) is 37.1 Å². The van der Waals surface area contributed by atoms with E-state index in [0.717, 1.165) is 17.5 Å². The number of rotatable bonds is 3. The normalized spacial score (nSPS) is 16.9. The van der Waals surface area contributed by atoms with Crippen molar-refractivity contribution in [1.82, 2.24) is 4.98 Å². The Kier molecular flexibility index (Phi) is 4.72. The number of nitrogens with zero attached hydrogens (tertiary/aromatic N) is 3. The second-order valence-electron chi connectivity index (χ2n) is 7.38. The van der Waals surface area contributed by atoms with Gasteiger partial charge in [0.05, 0.1) is 16.8 Å². The SMILES string of the molecule is C[C@@H]1Cc2ccccc2N1C(=O)CSc1nc2cc3c(cc2cc1C#N)OCCO3. The van der Waals surface area contributed by atoms with E-state index in [4.69, 9.17) is 9.47 Å². The first-order valence-corrected chi connectivity index (χ1v) is 10.8. The van der Waals surface area contributed by atoms with Crippen LogP contribution in [0.25, 0.3) is 10.9 Å². The summed E-state index contributed by atoms with van der Waals surface area (Å²) in [4.78, 5) is 19.5. The number of para-hydroxylation sites is 1. The quantitative estimate of drug-likeness (QED) is 0.601. The van der Waals surface area contributed by atoms with Crippen molar-refractivity contribution in [3.05, 3.63) is 53.6 Å². The van der Waals surface area contributed by atoms with Crippen LogP contribution in [0.1, 0.15) is 18.1 Å². The lowest BCUT2D eigenvalue weighted by atomic mass is 10.1. The number of ether oxygens (including phenoxy) is 2. The molecule has 1 aromatic heterocycles. The van der Waals surface area contributed by atoms with E-state index >= 15 is 0 Å². The van der Waals surface area contributed by atoms with Gasteiger partial charge in [-0.3, -0.25) is 4.79 Å². The number of carbonyl (C=O) groups is 1. The number of pyridine rings is 1. The van der Waals surface area contributed by atoms with Gasteiger partial charge in [-0.1, -0.05) is 30.0 Å². The van der Waals surface area contributed by atoms with Crippen LogP contribution in [0.15, 0.2) is 47.5 Å². The number of hydrogen-bond donors (Lipinski definition) is 0. The topological polar surface area (TPSA) is 75.5 Å². The fourth-order valence-electron chi connectivity index (χ4n) is 4.03. The molecule has 7 heteroatoms. The van der Waals surface area contributed by atoms with Gasteiger partial charge < -0.3 is 14.4 Å². The maximum absolute atomic E-state index is 13.0. The molecule has 1 atom stereocenters. The smallest absolute Gasteiger partial charge is 0.237 e. The molecule has 5 rings (SSSR count). The third-order valence-electron chi connectivity index (χ3n) is 5.37. The summed E-state index contributed by atoms with van der Waals surface area (Å²) in [6.07, 6.45) is 0.859. The number of hydrogen-bond acceptors (Lipinski definition) is 6. The minimum absolute atomic E-state index is 0.0189. The summed E-state index contributed by atoms with van der Waals surface area (Å²) in [6.45, 7) is 3.06. The van der Waals surface area contributed by atoms with Crippen LogP contribution in [0.3, 0.4) is 0 Å². The third-order valence-corrected chi connectivity index (χ3v) is 6.35. The molecule has 2 aliphatic rings. The molecule has 150 valence electrons. The summed E-state index contributed by atoms with van der Waals surface area (Å²) in [5.74, 6) is 1.55. The van der Waals surface area contributed by atoms with Gasteiger partial charge in [0.2, 0.25) is 5.91 Å². The summed E-state index contributed by atoms with van der Waals surface area (Å²) in [7, 11) is 0. The highest BCUT2D eigenvalue weighted by Crippen LogP contribution is 2.36. The zero-order valence-corrected chi connectivity index (χ0v) is 17.2. The minimum Gasteiger partial charge on any atom is -0.486 e. The molecule has 1 amide bonds. The molecule has 0 saturated carbocycles. The number of benzene rings is 2. The summed E-state index contributed by atoms with van der Waals surface area (Å²) in [5.41, 5.74) is 3.34. The van der Waals surface area contributed by atoms with Crippen LogP contribution >= 0.6 is 11.8 Å². The summed E-state index contributed by atoms with van der Waals surface area (Å²) in [5, 5.41) is 11.0. The largest absolute Gasteiger partial charge is 0.486 e. The van der Waals surface area contributed by atoms with Crippen LogP contribution < -0.4 is 14.4 Å². The second-order valence-corrected chi connectivity index (χ2v) is 8.34. The van der Waals surface area contributed by atoms with Crippen molar-refractivity contribution in [3.8, 4) is 17.6 Å². The van der Waals surface area contributed by atoms with Crippen molar-refractivity contribution in [2.24, 2.45) is 0 Å². The predicted octanol–water partition coefficient (Wildman–Crippen LogP) is 3.95. The van der Waals surface area contributed by atoms with Crippen LogP contribution in [-0.2, 0) is 11.2 Å². The fourth-order valence-corrected chi connectivity index (χ4v) is 4.85. The molecule has 3 aromatic rings. The standard InChI is InChI=1S/C23H19N3O3S/c1-14-8-15-4-2-3-5-19(15)26(14)22(27)13-30-23-17(12-24)9-16-10-20-21(11-18(16)25-23)29-7-6-28-20/h2-5,9-11,14H,6-8,13H2,1H3/t14-/m1/s1. The van der Waals surface area contributed by atoms with Crippen molar-refractivity contribution in [2.45, 2.75) is 24.4 Å². The average molecular weight is 417 g/mol. The molecule has 0 fully saturated rings. The molecule has 2 aliphatic heterocycles. The second kappa shape index (κ2) is 7.54.